The standard InChI is InChI=1S/C15H20BrNOS/c1-10-14(6-7-18-10)19-15-5-2-11(8-13(15)16)9-17-12-3-4-12/h2,5,8,10,12,14,17H,3-4,6-7,9H2,1H3. The number of ether oxygens (including phenoxy) is 1. The summed E-state index contributed by atoms with van der Waals surface area (Å²) in [7, 11) is 0. The Morgan fingerprint density at radius 3 is 2.84 bits per heavy atom. The van der Waals surface area contributed by atoms with Crippen LogP contribution in [0.4, 0.5) is 0 Å². The quantitative estimate of drug-likeness (QED) is 0.875. The summed E-state index contributed by atoms with van der Waals surface area (Å²) in [5.74, 6) is 0. The van der Waals surface area contributed by atoms with E-state index in [0.29, 0.717) is 11.4 Å². The predicted octanol–water partition coefficient (Wildman–Crippen LogP) is 3.97. The van der Waals surface area contributed by atoms with Gasteiger partial charge in [-0.15, -0.1) is 11.8 Å². The van der Waals surface area contributed by atoms with E-state index in [9.17, 15) is 0 Å². The summed E-state index contributed by atoms with van der Waals surface area (Å²) < 4.78 is 6.84. The first-order chi connectivity index (χ1) is 9.22. The van der Waals surface area contributed by atoms with E-state index in [0.717, 1.165) is 25.6 Å². The van der Waals surface area contributed by atoms with E-state index in [1.807, 2.05) is 11.8 Å². The molecule has 1 heterocycles. The molecule has 0 amide bonds. The molecule has 0 aromatic heterocycles. The second kappa shape index (κ2) is 6.17. The maximum Gasteiger partial charge on any atom is 0.0669 e. The molecule has 1 aliphatic heterocycles. The molecule has 2 atom stereocenters. The Bertz CT molecular complexity index is 450. The van der Waals surface area contributed by atoms with Crippen molar-refractivity contribution in [3.63, 3.8) is 0 Å². The molecular weight excluding hydrogens is 322 g/mol. The van der Waals surface area contributed by atoms with Crippen LogP contribution in [0.3, 0.4) is 0 Å². The lowest BCUT2D eigenvalue weighted by molar-refractivity contribution is 0.127. The van der Waals surface area contributed by atoms with E-state index >= 15 is 0 Å². The molecule has 4 heteroatoms. The molecule has 104 valence electrons. The molecule has 1 aromatic carbocycles. The largest absolute Gasteiger partial charge is 0.377 e. The van der Waals surface area contributed by atoms with Gasteiger partial charge in [0.15, 0.2) is 0 Å². The average Bonchev–Trinajstić information content (AvgIpc) is 3.14. The first kappa shape index (κ1) is 13.9. The van der Waals surface area contributed by atoms with Gasteiger partial charge in [0.2, 0.25) is 0 Å². The number of rotatable bonds is 5. The third kappa shape index (κ3) is 3.75. The zero-order valence-electron chi connectivity index (χ0n) is 11.2. The molecule has 1 N–H and O–H groups in total. The van der Waals surface area contributed by atoms with Crippen LogP contribution in [0, 0.1) is 0 Å². The minimum absolute atomic E-state index is 0.369. The molecule has 0 bridgehead atoms. The molecule has 2 fully saturated rings. The Hall–Kier alpha value is -0.0300. The molecule has 2 nitrogen and oxygen atoms in total. The van der Waals surface area contributed by atoms with Crippen LogP contribution in [-0.2, 0) is 11.3 Å². The van der Waals surface area contributed by atoms with Crippen LogP contribution in [0.2, 0.25) is 0 Å². The van der Waals surface area contributed by atoms with Gasteiger partial charge in [0, 0.05) is 33.8 Å². The highest BCUT2D eigenvalue weighted by Gasteiger charge is 2.25. The topological polar surface area (TPSA) is 21.3 Å². The van der Waals surface area contributed by atoms with Crippen LogP contribution in [0.5, 0.6) is 0 Å². The van der Waals surface area contributed by atoms with Crippen molar-refractivity contribution in [2.45, 2.75) is 55.0 Å². The maximum atomic E-state index is 5.63. The minimum Gasteiger partial charge on any atom is -0.377 e. The van der Waals surface area contributed by atoms with Gasteiger partial charge < -0.3 is 10.1 Å². The molecule has 0 spiro atoms. The molecule has 2 unspecified atom stereocenters. The van der Waals surface area contributed by atoms with Crippen molar-refractivity contribution in [2.75, 3.05) is 6.61 Å². The molecule has 1 aliphatic carbocycles. The van der Waals surface area contributed by atoms with Crippen molar-refractivity contribution >= 4 is 27.7 Å². The molecule has 2 aliphatic rings. The smallest absolute Gasteiger partial charge is 0.0669 e. The number of benzene rings is 1. The van der Waals surface area contributed by atoms with Crippen molar-refractivity contribution < 1.29 is 4.74 Å². The Morgan fingerprint density at radius 2 is 2.21 bits per heavy atom. The zero-order valence-corrected chi connectivity index (χ0v) is 13.6. The molecule has 1 saturated heterocycles. The Kier molecular flexibility index (Phi) is 4.52. The van der Waals surface area contributed by atoms with Gasteiger partial charge in [0.25, 0.3) is 0 Å². The summed E-state index contributed by atoms with van der Waals surface area (Å²) in [6.07, 6.45) is 4.21. The van der Waals surface area contributed by atoms with Crippen molar-refractivity contribution in [2.24, 2.45) is 0 Å². The minimum atomic E-state index is 0.369. The molecule has 19 heavy (non-hydrogen) atoms. The Balaban J connectivity index is 1.61. The third-order valence-electron chi connectivity index (χ3n) is 3.75. The lowest BCUT2D eigenvalue weighted by Gasteiger charge is -2.15. The van der Waals surface area contributed by atoms with E-state index in [4.69, 9.17) is 4.74 Å². The van der Waals surface area contributed by atoms with Crippen molar-refractivity contribution in [1.82, 2.24) is 5.32 Å². The van der Waals surface area contributed by atoms with Gasteiger partial charge in [0.05, 0.1) is 6.10 Å². The SMILES string of the molecule is CC1OCCC1Sc1ccc(CNC2CC2)cc1Br. The van der Waals surface area contributed by atoms with Gasteiger partial charge >= 0.3 is 0 Å². The number of thioether (sulfide) groups is 1. The summed E-state index contributed by atoms with van der Waals surface area (Å²) in [6.45, 7) is 4.06. The van der Waals surface area contributed by atoms with Gasteiger partial charge in [-0.1, -0.05) is 6.07 Å². The van der Waals surface area contributed by atoms with Crippen molar-refractivity contribution in [1.29, 1.82) is 0 Å². The first-order valence-corrected chi connectivity index (χ1v) is 8.70. The number of hydrogen-bond acceptors (Lipinski definition) is 3. The van der Waals surface area contributed by atoms with Crippen LogP contribution in [-0.4, -0.2) is 24.0 Å². The van der Waals surface area contributed by atoms with Gasteiger partial charge in [-0.25, -0.2) is 0 Å². The zero-order chi connectivity index (χ0) is 13.2. The monoisotopic (exact) mass is 341 g/mol. The Labute approximate surface area is 127 Å². The van der Waals surface area contributed by atoms with E-state index in [2.05, 4.69) is 46.4 Å². The fraction of sp³-hybridized carbons (Fsp3) is 0.600. The van der Waals surface area contributed by atoms with Crippen LogP contribution in [0.1, 0.15) is 31.7 Å². The van der Waals surface area contributed by atoms with Gasteiger partial charge in [-0.2, -0.15) is 0 Å². The number of halogens is 1. The predicted molar refractivity (Wildman–Crippen MR) is 83.7 cm³/mol. The highest BCUT2D eigenvalue weighted by molar-refractivity contribution is 9.10. The third-order valence-corrected chi connectivity index (χ3v) is 6.20. The second-order valence-electron chi connectivity index (χ2n) is 5.44. The van der Waals surface area contributed by atoms with Crippen LogP contribution in [0.25, 0.3) is 0 Å². The molecule has 1 saturated carbocycles. The van der Waals surface area contributed by atoms with Crippen LogP contribution < -0.4 is 5.32 Å². The number of hydrogen-bond donors (Lipinski definition) is 1. The summed E-state index contributed by atoms with van der Waals surface area (Å²) >= 11 is 5.65. The Morgan fingerprint density at radius 1 is 1.37 bits per heavy atom. The first-order valence-electron chi connectivity index (χ1n) is 7.02. The maximum absolute atomic E-state index is 5.63. The molecule has 0 radical (unpaired) electrons. The molecule has 3 rings (SSSR count). The lowest BCUT2D eigenvalue weighted by atomic mass is 10.2. The van der Waals surface area contributed by atoms with E-state index in [-0.39, 0.29) is 0 Å². The van der Waals surface area contributed by atoms with Gasteiger partial charge in [-0.05, 0) is 59.8 Å². The van der Waals surface area contributed by atoms with Crippen molar-refractivity contribution in [3.8, 4) is 0 Å². The van der Waals surface area contributed by atoms with Crippen molar-refractivity contribution in [3.05, 3.63) is 28.2 Å². The average molecular weight is 342 g/mol. The molecule has 1 aromatic rings. The fourth-order valence-corrected chi connectivity index (χ4v) is 4.16. The molecular formula is C15H20BrNOS. The summed E-state index contributed by atoms with van der Waals surface area (Å²) in [4.78, 5) is 1.33. The van der Waals surface area contributed by atoms with Crippen LogP contribution >= 0.6 is 27.7 Å². The van der Waals surface area contributed by atoms with Gasteiger partial charge in [-0.3, -0.25) is 0 Å². The highest BCUT2D eigenvalue weighted by atomic mass is 79.9. The van der Waals surface area contributed by atoms with Gasteiger partial charge in [0.1, 0.15) is 0 Å². The second-order valence-corrected chi connectivity index (χ2v) is 7.58. The van der Waals surface area contributed by atoms with Crippen LogP contribution in [0.15, 0.2) is 27.6 Å². The van der Waals surface area contributed by atoms with E-state index in [1.165, 1.54) is 27.8 Å². The summed E-state index contributed by atoms with van der Waals surface area (Å²) in [5.41, 5.74) is 1.36. The van der Waals surface area contributed by atoms with E-state index in [1.54, 1.807) is 0 Å². The number of nitrogens with one attached hydrogen (secondary N) is 1. The normalized spacial score (nSPS) is 26.8. The lowest BCUT2D eigenvalue weighted by Crippen LogP contribution is -2.15. The summed E-state index contributed by atoms with van der Waals surface area (Å²) in [6, 6.07) is 7.49. The van der Waals surface area contributed by atoms with E-state index < -0.39 is 0 Å². The highest BCUT2D eigenvalue weighted by Crippen LogP contribution is 2.36. The summed E-state index contributed by atoms with van der Waals surface area (Å²) in [5, 5.41) is 4.14. The fourth-order valence-electron chi connectivity index (χ4n) is 2.33.